The van der Waals surface area contributed by atoms with Crippen molar-refractivity contribution in [2.75, 3.05) is 14.2 Å². The molecule has 0 aromatic heterocycles. The van der Waals surface area contributed by atoms with E-state index in [4.69, 9.17) is 9.47 Å². The van der Waals surface area contributed by atoms with E-state index in [0.29, 0.717) is 0 Å². The molecule has 0 aliphatic rings. The molecule has 0 saturated carbocycles. The molecule has 0 heterocycles. The van der Waals surface area contributed by atoms with Gasteiger partial charge < -0.3 is 9.47 Å². The Bertz CT molecular complexity index is 621. The van der Waals surface area contributed by atoms with Crippen LogP contribution in [-0.4, -0.2) is 14.2 Å². The van der Waals surface area contributed by atoms with Gasteiger partial charge in [0.1, 0.15) is 11.5 Å². The van der Waals surface area contributed by atoms with Gasteiger partial charge in [-0.3, -0.25) is 0 Å². The highest BCUT2D eigenvalue weighted by Gasteiger charge is 2.10. The van der Waals surface area contributed by atoms with Crippen LogP contribution >= 0.6 is 9.90 Å². The number of hydrogen-bond acceptors (Lipinski definition) is 2. The largest absolute Gasteiger partial charge is 0.496 e. The summed E-state index contributed by atoms with van der Waals surface area (Å²) in [6.07, 6.45) is 0. The van der Waals surface area contributed by atoms with Crippen LogP contribution < -0.4 is 9.47 Å². The van der Waals surface area contributed by atoms with Crippen LogP contribution in [0.2, 0.25) is 0 Å². The van der Waals surface area contributed by atoms with Crippen LogP contribution in [0.15, 0.2) is 84.9 Å². The minimum atomic E-state index is 0. The van der Waals surface area contributed by atoms with Gasteiger partial charge in [0.15, 0.2) is 0 Å². The van der Waals surface area contributed by atoms with Gasteiger partial charge in [-0.15, -0.1) is 0 Å². The van der Waals surface area contributed by atoms with Gasteiger partial charge in [0.25, 0.3) is 0 Å². The first-order valence-corrected chi connectivity index (χ1v) is 7.13. The number of rotatable bonds is 3. The van der Waals surface area contributed by atoms with E-state index in [1.54, 1.807) is 14.2 Å². The van der Waals surface area contributed by atoms with Gasteiger partial charge in [-0.25, -0.2) is 0 Å². The van der Waals surface area contributed by atoms with Gasteiger partial charge >= 0.3 is 0 Å². The van der Waals surface area contributed by atoms with E-state index in [0.717, 1.165) is 22.6 Å². The Hall–Kier alpha value is -2.31. The first kappa shape index (κ1) is 18.7. The molecule has 0 N–H and O–H groups in total. The molecule has 0 amide bonds. The molecule has 120 valence electrons. The normalized spacial score (nSPS) is 8.96. The summed E-state index contributed by atoms with van der Waals surface area (Å²) < 4.78 is 10.7. The number of methoxy groups -OCH3 is 2. The average Bonchev–Trinajstić information content (AvgIpc) is 2.63. The fraction of sp³-hybridized carbons (Fsp3) is 0.100. The quantitative estimate of drug-likeness (QED) is 0.622. The van der Waals surface area contributed by atoms with Crippen molar-refractivity contribution in [1.82, 2.24) is 0 Å². The van der Waals surface area contributed by atoms with Crippen molar-refractivity contribution in [2.45, 2.75) is 0 Å². The molecule has 3 heteroatoms. The summed E-state index contributed by atoms with van der Waals surface area (Å²) in [6, 6.07) is 27.9. The van der Waals surface area contributed by atoms with Gasteiger partial charge in [0, 0.05) is 0 Å². The Labute approximate surface area is 141 Å². The van der Waals surface area contributed by atoms with E-state index >= 15 is 0 Å². The Kier molecular flexibility index (Phi) is 8.49. The Morgan fingerprint density at radius 1 is 0.522 bits per heavy atom. The van der Waals surface area contributed by atoms with Crippen molar-refractivity contribution in [3.8, 4) is 22.6 Å². The zero-order chi connectivity index (χ0) is 15.6. The van der Waals surface area contributed by atoms with E-state index in [2.05, 4.69) is 0 Å². The summed E-state index contributed by atoms with van der Waals surface area (Å²) in [4.78, 5) is 0. The van der Waals surface area contributed by atoms with Crippen molar-refractivity contribution >= 4 is 9.90 Å². The highest BCUT2D eigenvalue weighted by Crippen LogP contribution is 2.37. The van der Waals surface area contributed by atoms with Gasteiger partial charge in [-0.2, -0.15) is 9.90 Å². The molecule has 0 radical (unpaired) electrons. The number of benzene rings is 3. The van der Waals surface area contributed by atoms with Crippen LogP contribution in [0.5, 0.6) is 11.5 Å². The van der Waals surface area contributed by atoms with Crippen LogP contribution in [0, 0.1) is 0 Å². The van der Waals surface area contributed by atoms with E-state index < -0.39 is 0 Å². The first-order valence-electron chi connectivity index (χ1n) is 7.13. The maximum absolute atomic E-state index is 5.36. The van der Waals surface area contributed by atoms with Crippen molar-refractivity contribution in [2.24, 2.45) is 0 Å². The zero-order valence-electron chi connectivity index (χ0n) is 13.6. The highest BCUT2D eigenvalue weighted by atomic mass is 31.0. The number of hydrogen-bond donors (Lipinski definition) is 0. The maximum atomic E-state index is 5.36. The lowest BCUT2D eigenvalue weighted by atomic mass is 10.0. The molecule has 0 bridgehead atoms. The van der Waals surface area contributed by atoms with Gasteiger partial charge in [-0.1, -0.05) is 72.8 Å². The van der Waals surface area contributed by atoms with Gasteiger partial charge in [0.2, 0.25) is 0 Å². The Morgan fingerprint density at radius 3 is 1.30 bits per heavy atom. The van der Waals surface area contributed by atoms with Gasteiger partial charge in [0.05, 0.1) is 19.8 Å². The van der Waals surface area contributed by atoms with Crippen molar-refractivity contribution < 1.29 is 9.47 Å². The van der Waals surface area contributed by atoms with E-state index in [-0.39, 0.29) is 9.90 Å². The zero-order valence-corrected chi connectivity index (χ0v) is 15.0. The van der Waals surface area contributed by atoms with Crippen LogP contribution in [0.25, 0.3) is 11.1 Å². The third kappa shape index (κ3) is 5.43. The highest BCUT2D eigenvalue weighted by molar-refractivity contribution is 6.92. The fourth-order valence-electron chi connectivity index (χ4n) is 2.13. The molecule has 0 saturated heterocycles. The summed E-state index contributed by atoms with van der Waals surface area (Å²) in [6.45, 7) is 0. The predicted molar refractivity (Wildman–Crippen MR) is 103 cm³/mol. The summed E-state index contributed by atoms with van der Waals surface area (Å²) in [5, 5.41) is 0. The summed E-state index contributed by atoms with van der Waals surface area (Å²) in [7, 11) is 3.34. The monoisotopic (exact) mass is 326 g/mol. The molecule has 23 heavy (non-hydrogen) atoms. The molecule has 3 aromatic carbocycles. The minimum Gasteiger partial charge on any atom is -0.496 e. The first-order chi connectivity index (χ1) is 10.9. The molecule has 2 nitrogen and oxygen atoms in total. The molecule has 0 fully saturated rings. The second-order valence-corrected chi connectivity index (χ2v) is 4.56. The summed E-state index contributed by atoms with van der Waals surface area (Å²) in [5.41, 5.74) is 2.09. The lowest BCUT2D eigenvalue weighted by molar-refractivity contribution is 0.397. The summed E-state index contributed by atoms with van der Waals surface area (Å²) in [5.74, 6) is 1.65. The van der Waals surface area contributed by atoms with E-state index in [1.807, 2.05) is 84.9 Å². The molecule has 1 atom stereocenters. The second kappa shape index (κ2) is 10.4. The van der Waals surface area contributed by atoms with E-state index in [1.165, 1.54) is 0 Å². The fourth-order valence-corrected chi connectivity index (χ4v) is 2.13. The standard InChI is InChI=1S/C14H14O2.C6H6.H3P/c1-15-12-9-6-10-13(16-2)14(12)11-7-4-3-5-8-11;1-2-4-6-5-3-1;/h3-10H,1-2H3;1-6H;1H3. The van der Waals surface area contributed by atoms with Crippen molar-refractivity contribution in [3.63, 3.8) is 0 Å². The van der Waals surface area contributed by atoms with Crippen LogP contribution in [0.4, 0.5) is 0 Å². The third-order valence-electron chi connectivity index (χ3n) is 3.16. The Morgan fingerprint density at radius 2 is 0.913 bits per heavy atom. The number of ether oxygens (including phenoxy) is 2. The molecule has 0 spiro atoms. The minimum absolute atomic E-state index is 0. The molecular weight excluding hydrogens is 303 g/mol. The molecule has 3 rings (SSSR count). The van der Waals surface area contributed by atoms with Crippen LogP contribution in [0.1, 0.15) is 0 Å². The van der Waals surface area contributed by atoms with Gasteiger partial charge in [-0.05, 0) is 17.7 Å². The topological polar surface area (TPSA) is 18.5 Å². The van der Waals surface area contributed by atoms with Crippen LogP contribution in [0.3, 0.4) is 0 Å². The predicted octanol–water partition coefficient (Wildman–Crippen LogP) is 5.12. The SMILES string of the molecule is COc1cccc(OC)c1-c1ccccc1.P.c1ccccc1. The smallest absolute Gasteiger partial charge is 0.130 e. The summed E-state index contributed by atoms with van der Waals surface area (Å²) >= 11 is 0. The Balaban J connectivity index is 0.000000320. The average molecular weight is 326 g/mol. The second-order valence-electron chi connectivity index (χ2n) is 4.56. The van der Waals surface area contributed by atoms with Crippen molar-refractivity contribution in [3.05, 3.63) is 84.9 Å². The van der Waals surface area contributed by atoms with Crippen LogP contribution in [-0.2, 0) is 0 Å². The maximum Gasteiger partial charge on any atom is 0.130 e. The van der Waals surface area contributed by atoms with Crippen molar-refractivity contribution in [1.29, 1.82) is 0 Å². The molecular formula is C20H23O2P. The lowest BCUT2D eigenvalue weighted by Crippen LogP contribution is -1.92. The molecule has 0 aliphatic heterocycles. The molecule has 0 aliphatic carbocycles. The lowest BCUT2D eigenvalue weighted by Gasteiger charge is -2.12. The molecule has 3 aromatic rings. The molecule has 1 unspecified atom stereocenters. The van der Waals surface area contributed by atoms with E-state index in [9.17, 15) is 0 Å². The third-order valence-corrected chi connectivity index (χ3v) is 3.16.